The maximum atomic E-state index is 12.9. The van der Waals surface area contributed by atoms with E-state index in [1.165, 1.54) is 0 Å². The van der Waals surface area contributed by atoms with Crippen LogP contribution >= 0.6 is 11.6 Å². The average molecular weight is 400 g/mol. The van der Waals surface area contributed by atoms with Crippen LogP contribution in [0.2, 0.25) is 5.02 Å². The zero-order chi connectivity index (χ0) is 19.5. The number of nitrogens with zero attached hydrogens (tertiary/aromatic N) is 3. The van der Waals surface area contributed by atoms with Crippen molar-refractivity contribution in [3.63, 3.8) is 0 Å². The highest BCUT2D eigenvalue weighted by Gasteiger charge is 2.24. The average Bonchev–Trinajstić information content (AvgIpc) is 3.23. The van der Waals surface area contributed by atoms with Gasteiger partial charge in [-0.2, -0.15) is 0 Å². The molecule has 0 bridgehead atoms. The van der Waals surface area contributed by atoms with Gasteiger partial charge in [-0.15, -0.1) is 0 Å². The molecule has 0 radical (unpaired) electrons. The molecule has 4 rings (SSSR count). The highest BCUT2D eigenvalue weighted by molar-refractivity contribution is 6.30. The standard InChI is InChI=1S/C22H26ClN3O2/c1-28-21-9-10-26(16-21)19-7-5-17(6-8-19)22(27)25-13-11-24(12-14-25)20-4-2-3-18(23)15-20/h2-8,15,21H,9-14,16H2,1H3/t21-/m1/s1. The monoisotopic (exact) mass is 399 g/mol. The van der Waals surface area contributed by atoms with Gasteiger partial charge in [0, 0.05) is 68.3 Å². The topological polar surface area (TPSA) is 36.0 Å². The minimum atomic E-state index is 0.105. The third kappa shape index (κ3) is 4.10. The third-order valence-corrected chi connectivity index (χ3v) is 5.93. The maximum absolute atomic E-state index is 12.9. The Labute approximate surface area is 171 Å². The van der Waals surface area contributed by atoms with E-state index in [2.05, 4.69) is 15.9 Å². The molecular weight excluding hydrogens is 374 g/mol. The molecule has 2 aliphatic rings. The summed E-state index contributed by atoms with van der Waals surface area (Å²) < 4.78 is 5.44. The summed E-state index contributed by atoms with van der Waals surface area (Å²) in [6, 6.07) is 15.9. The van der Waals surface area contributed by atoms with Crippen molar-refractivity contribution in [2.75, 3.05) is 56.2 Å². The summed E-state index contributed by atoms with van der Waals surface area (Å²) in [5, 5.41) is 0.742. The lowest BCUT2D eigenvalue weighted by molar-refractivity contribution is 0.0747. The number of piperazine rings is 1. The molecule has 0 unspecified atom stereocenters. The van der Waals surface area contributed by atoms with Crippen LogP contribution in [0.1, 0.15) is 16.8 Å². The van der Waals surface area contributed by atoms with Crippen LogP contribution in [0.25, 0.3) is 0 Å². The third-order valence-electron chi connectivity index (χ3n) is 5.70. The van der Waals surface area contributed by atoms with Crippen LogP contribution in [-0.4, -0.2) is 63.3 Å². The van der Waals surface area contributed by atoms with Crippen molar-refractivity contribution >= 4 is 28.9 Å². The fraction of sp³-hybridized carbons (Fsp3) is 0.409. The van der Waals surface area contributed by atoms with Crippen LogP contribution in [0.3, 0.4) is 0 Å². The molecule has 2 aromatic rings. The minimum Gasteiger partial charge on any atom is -0.380 e. The maximum Gasteiger partial charge on any atom is 0.253 e. The Morgan fingerprint density at radius 3 is 2.36 bits per heavy atom. The molecule has 0 aliphatic carbocycles. The summed E-state index contributed by atoms with van der Waals surface area (Å²) in [5.74, 6) is 0.105. The zero-order valence-electron chi connectivity index (χ0n) is 16.2. The quantitative estimate of drug-likeness (QED) is 0.788. The van der Waals surface area contributed by atoms with Crippen molar-refractivity contribution in [2.24, 2.45) is 0 Å². The lowest BCUT2D eigenvalue weighted by Gasteiger charge is -2.36. The smallest absolute Gasteiger partial charge is 0.253 e. The van der Waals surface area contributed by atoms with Crippen molar-refractivity contribution in [3.8, 4) is 0 Å². The van der Waals surface area contributed by atoms with Crippen LogP contribution in [0, 0.1) is 0 Å². The molecule has 2 aromatic carbocycles. The minimum absolute atomic E-state index is 0.105. The number of amides is 1. The number of carbonyl (C=O) groups is 1. The number of hydrogen-bond acceptors (Lipinski definition) is 4. The second-order valence-electron chi connectivity index (χ2n) is 7.40. The van der Waals surface area contributed by atoms with Gasteiger partial charge in [0.2, 0.25) is 0 Å². The first kappa shape index (κ1) is 19.1. The Bertz CT molecular complexity index is 819. The number of rotatable bonds is 4. The van der Waals surface area contributed by atoms with E-state index in [-0.39, 0.29) is 5.91 Å². The lowest BCUT2D eigenvalue weighted by atomic mass is 10.1. The highest BCUT2D eigenvalue weighted by Crippen LogP contribution is 2.24. The summed E-state index contributed by atoms with van der Waals surface area (Å²) in [5.41, 5.74) is 3.02. The highest BCUT2D eigenvalue weighted by atomic mass is 35.5. The molecule has 0 saturated carbocycles. The number of hydrogen-bond donors (Lipinski definition) is 0. The van der Waals surface area contributed by atoms with Gasteiger partial charge >= 0.3 is 0 Å². The van der Waals surface area contributed by atoms with Crippen LogP contribution in [0.15, 0.2) is 48.5 Å². The molecule has 0 spiro atoms. The van der Waals surface area contributed by atoms with E-state index in [4.69, 9.17) is 16.3 Å². The number of carbonyl (C=O) groups excluding carboxylic acids is 1. The molecule has 1 atom stereocenters. The summed E-state index contributed by atoms with van der Waals surface area (Å²) >= 11 is 6.10. The molecule has 148 valence electrons. The van der Waals surface area contributed by atoms with Crippen LogP contribution in [0.4, 0.5) is 11.4 Å². The van der Waals surface area contributed by atoms with Gasteiger partial charge in [0.25, 0.3) is 5.91 Å². The summed E-state index contributed by atoms with van der Waals surface area (Å²) in [7, 11) is 1.77. The molecule has 28 heavy (non-hydrogen) atoms. The molecule has 2 saturated heterocycles. The predicted molar refractivity (Wildman–Crippen MR) is 114 cm³/mol. The summed E-state index contributed by atoms with van der Waals surface area (Å²) in [6.45, 7) is 4.97. The molecule has 5 nitrogen and oxygen atoms in total. The fourth-order valence-corrected chi connectivity index (χ4v) is 4.18. The van der Waals surface area contributed by atoms with E-state index in [1.807, 2.05) is 47.4 Å². The van der Waals surface area contributed by atoms with E-state index >= 15 is 0 Å². The number of anilines is 2. The van der Waals surface area contributed by atoms with E-state index in [0.717, 1.165) is 67.7 Å². The molecule has 0 N–H and O–H groups in total. The van der Waals surface area contributed by atoms with Crippen LogP contribution in [-0.2, 0) is 4.74 Å². The Balaban J connectivity index is 1.35. The van der Waals surface area contributed by atoms with Gasteiger partial charge in [-0.1, -0.05) is 17.7 Å². The number of methoxy groups -OCH3 is 1. The Hall–Kier alpha value is -2.24. The molecule has 0 aromatic heterocycles. The largest absolute Gasteiger partial charge is 0.380 e. The first-order chi connectivity index (χ1) is 13.6. The molecule has 2 fully saturated rings. The van der Waals surface area contributed by atoms with E-state index < -0.39 is 0 Å². The van der Waals surface area contributed by atoms with Gasteiger partial charge in [-0.05, 0) is 48.9 Å². The second kappa shape index (κ2) is 8.41. The van der Waals surface area contributed by atoms with Crippen molar-refractivity contribution in [1.29, 1.82) is 0 Å². The van der Waals surface area contributed by atoms with Crippen molar-refractivity contribution in [3.05, 3.63) is 59.1 Å². The van der Waals surface area contributed by atoms with Crippen molar-refractivity contribution in [1.82, 2.24) is 4.90 Å². The SMILES string of the molecule is CO[C@@H]1CCN(c2ccc(C(=O)N3CCN(c4cccc(Cl)c4)CC3)cc2)C1. The lowest BCUT2D eigenvalue weighted by Crippen LogP contribution is -2.48. The zero-order valence-corrected chi connectivity index (χ0v) is 16.9. The Morgan fingerprint density at radius 1 is 0.964 bits per heavy atom. The van der Waals surface area contributed by atoms with Crippen molar-refractivity contribution in [2.45, 2.75) is 12.5 Å². The summed E-state index contributed by atoms with van der Waals surface area (Å²) in [6.07, 6.45) is 1.35. The second-order valence-corrected chi connectivity index (χ2v) is 7.83. The van der Waals surface area contributed by atoms with Gasteiger partial charge in [-0.25, -0.2) is 0 Å². The molecule has 2 aliphatic heterocycles. The Morgan fingerprint density at radius 2 is 1.71 bits per heavy atom. The normalized spacial score (nSPS) is 19.9. The van der Waals surface area contributed by atoms with E-state index in [0.29, 0.717) is 6.10 Å². The number of benzene rings is 2. The fourth-order valence-electron chi connectivity index (χ4n) is 3.99. The van der Waals surface area contributed by atoms with Gasteiger partial charge in [-0.3, -0.25) is 4.79 Å². The van der Waals surface area contributed by atoms with Gasteiger partial charge < -0.3 is 19.4 Å². The van der Waals surface area contributed by atoms with Gasteiger partial charge in [0.1, 0.15) is 0 Å². The van der Waals surface area contributed by atoms with E-state index in [1.54, 1.807) is 7.11 Å². The number of halogens is 1. The molecule has 6 heteroatoms. The number of ether oxygens (including phenoxy) is 1. The van der Waals surface area contributed by atoms with Crippen molar-refractivity contribution < 1.29 is 9.53 Å². The first-order valence-corrected chi connectivity index (χ1v) is 10.2. The van der Waals surface area contributed by atoms with Crippen LogP contribution < -0.4 is 9.80 Å². The Kier molecular flexibility index (Phi) is 5.74. The molecular formula is C22H26ClN3O2. The van der Waals surface area contributed by atoms with Crippen LogP contribution in [0.5, 0.6) is 0 Å². The summed E-state index contributed by atoms with van der Waals surface area (Å²) in [4.78, 5) is 19.4. The molecule has 2 heterocycles. The van der Waals surface area contributed by atoms with E-state index in [9.17, 15) is 4.79 Å². The first-order valence-electron chi connectivity index (χ1n) is 9.81. The van der Waals surface area contributed by atoms with Gasteiger partial charge in [0.05, 0.1) is 6.10 Å². The predicted octanol–water partition coefficient (Wildman–Crippen LogP) is 3.53. The molecule has 1 amide bonds. The van der Waals surface area contributed by atoms with Gasteiger partial charge in [0.15, 0.2) is 0 Å².